The van der Waals surface area contributed by atoms with Crippen molar-refractivity contribution in [3.63, 3.8) is 0 Å². The first-order valence-electron chi connectivity index (χ1n) is 4.05. The maximum atomic E-state index is 11.6. The Balaban J connectivity index is 2.68. The smallest absolute Gasteiger partial charge is 0.152 e. The molecule has 1 aromatic carbocycles. The average molecular weight is 197 g/mol. The summed E-state index contributed by atoms with van der Waals surface area (Å²) in [5.41, 5.74) is 0.373. The van der Waals surface area contributed by atoms with Gasteiger partial charge in [-0.1, -0.05) is 22.7 Å². The normalized spacial score (nSPS) is 25.9. The highest BCUT2D eigenvalue weighted by atomic mass is 32.2. The van der Waals surface area contributed by atoms with E-state index in [0.717, 1.165) is 10.0 Å². The molecule has 3 nitrogen and oxygen atoms in total. The molecule has 2 rings (SSSR count). The molecular weight excluding hydrogens is 186 g/mol. The van der Waals surface area contributed by atoms with Crippen LogP contribution in [0.1, 0.15) is 19.4 Å². The summed E-state index contributed by atoms with van der Waals surface area (Å²) in [6, 6.07) is 7.38. The molecule has 1 aliphatic rings. The number of nitrogens with zero attached hydrogens (tertiary/aromatic N) is 1. The van der Waals surface area contributed by atoms with Crippen molar-refractivity contribution in [3.05, 3.63) is 29.8 Å². The first kappa shape index (κ1) is 8.87. The van der Waals surface area contributed by atoms with Gasteiger partial charge in [0.15, 0.2) is 11.0 Å². The molecule has 0 bridgehead atoms. The van der Waals surface area contributed by atoms with Crippen molar-refractivity contribution in [2.45, 2.75) is 24.3 Å². The van der Waals surface area contributed by atoms with Crippen LogP contribution in [-0.2, 0) is 16.5 Å². The quantitative estimate of drug-likeness (QED) is 0.687. The highest BCUT2D eigenvalue weighted by Crippen LogP contribution is 2.39. The number of hydrogen-bond acceptors (Lipinski definition) is 2. The average Bonchev–Trinajstić information content (AvgIpc) is 2.30. The van der Waals surface area contributed by atoms with E-state index in [9.17, 15) is 9.42 Å². The lowest BCUT2D eigenvalue weighted by atomic mass is 9.96. The summed E-state index contributed by atoms with van der Waals surface area (Å²) in [7, 11) is -1.42. The van der Waals surface area contributed by atoms with Gasteiger partial charge in [0.05, 0.1) is 10.4 Å². The first-order valence-corrected chi connectivity index (χ1v) is 5.16. The van der Waals surface area contributed by atoms with Crippen molar-refractivity contribution in [1.82, 2.24) is 4.47 Å². The molecule has 0 saturated heterocycles. The lowest BCUT2D eigenvalue weighted by Crippen LogP contribution is -2.33. The van der Waals surface area contributed by atoms with E-state index in [1.54, 1.807) is 6.07 Å². The Hall–Kier alpha value is -0.710. The Morgan fingerprint density at radius 2 is 2.00 bits per heavy atom. The van der Waals surface area contributed by atoms with Gasteiger partial charge in [-0.3, -0.25) is 0 Å². The molecule has 0 saturated carbocycles. The van der Waals surface area contributed by atoms with Crippen molar-refractivity contribution < 1.29 is 9.42 Å². The summed E-state index contributed by atoms with van der Waals surface area (Å²) < 4.78 is 12.5. The number of benzene rings is 1. The zero-order chi connectivity index (χ0) is 9.64. The molecule has 1 N–H and O–H groups in total. The highest BCUT2D eigenvalue weighted by Gasteiger charge is 2.42. The molecule has 70 valence electrons. The minimum absolute atomic E-state index is 0.554. The minimum Gasteiger partial charge on any atom is -0.300 e. The molecular formula is C9H11NO2S. The maximum absolute atomic E-state index is 11.6. The van der Waals surface area contributed by atoms with Crippen LogP contribution in [0.15, 0.2) is 29.2 Å². The second-order valence-electron chi connectivity index (χ2n) is 3.58. The topological polar surface area (TPSA) is 40.5 Å². The van der Waals surface area contributed by atoms with E-state index < -0.39 is 16.5 Å². The number of hydroxylamine groups is 1. The van der Waals surface area contributed by atoms with Gasteiger partial charge < -0.3 is 5.21 Å². The van der Waals surface area contributed by atoms with Crippen molar-refractivity contribution in [2.75, 3.05) is 0 Å². The molecule has 1 heterocycles. The van der Waals surface area contributed by atoms with Crippen LogP contribution < -0.4 is 0 Å². The monoisotopic (exact) mass is 197 g/mol. The highest BCUT2D eigenvalue weighted by molar-refractivity contribution is 7.82. The standard InChI is InChI=1S/C9H11NO2S/c1-9(2)7-5-3-4-6-8(7)13(12)10(9)11/h3-6,11H,1-2H3. The molecule has 0 aromatic heterocycles. The Morgan fingerprint density at radius 1 is 1.38 bits per heavy atom. The number of rotatable bonds is 0. The van der Waals surface area contributed by atoms with Gasteiger partial charge in [-0.05, 0) is 25.5 Å². The minimum atomic E-state index is -1.42. The van der Waals surface area contributed by atoms with Crippen LogP contribution >= 0.6 is 0 Å². The predicted octanol–water partition coefficient (Wildman–Crippen LogP) is 1.65. The van der Waals surface area contributed by atoms with E-state index in [1.807, 2.05) is 32.0 Å². The predicted molar refractivity (Wildman–Crippen MR) is 49.5 cm³/mol. The summed E-state index contributed by atoms with van der Waals surface area (Å²) in [5.74, 6) is 0. The van der Waals surface area contributed by atoms with E-state index in [1.165, 1.54) is 0 Å². The third kappa shape index (κ3) is 1.06. The molecule has 13 heavy (non-hydrogen) atoms. The van der Waals surface area contributed by atoms with Crippen molar-refractivity contribution in [3.8, 4) is 0 Å². The third-order valence-electron chi connectivity index (χ3n) is 2.37. The second-order valence-corrected chi connectivity index (χ2v) is 4.86. The summed E-state index contributed by atoms with van der Waals surface area (Å²) in [6.45, 7) is 3.69. The molecule has 4 heteroatoms. The lowest BCUT2D eigenvalue weighted by molar-refractivity contribution is -0.0666. The first-order chi connectivity index (χ1) is 6.05. The van der Waals surface area contributed by atoms with Crippen molar-refractivity contribution >= 4 is 11.0 Å². The van der Waals surface area contributed by atoms with E-state index in [0.29, 0.717) is 4.90 Å². The van der Waals surface area contributed by atoms with E-state index in [-0.39, 0.29) is 0 Å². The molecule has 0 amide bonds. The molecule has 0 fully saturated rings. The molecule has 1 unspecified atom stereocenters. The van der Waals surface area contributed by atoms with E-state index in [2.05, 4.69) is 0 Å². The lowest BCUT2D eigenvalue weighted by Gasteiger charge is -2.23. The third-order valence-corrected chi connectivity index (χ3v) is 3.87. The molecule has 1 aromatic rings. The zero-order valence-corrected chi connectivity index (χ0v) is 8.34. The van der Waals surface area contributed by atoms with Crippen LogP contribution in [0.2, 0.25) is 0 Å². The van der Waals surface area contributed by atoms with Crippen LogP contribution in [0.4, 0.5) is 0 Å². The van der Waals surface area contributed by atoms with Crippen LogP contribution in [-0.4, -0.2) is 13.9 Å². The molecule has 0 aliphatic carbocycles. The maximum Gasteiger partial charge on any atom is 0.152 e. The van der Waals surface area contributed by atoms with Gasteiger partial charge in [-0.15, -0.1) is 0 Å². The zero-order valence-electron chi connectivity index (χ0n) is 7.52. The Morgan fingerprint density at radius 3 is 2.62 bits per heavy atom. The van der Waals surface area contributed by atoms with Crippen LogP contribution in [0.25, 0.3) is 0 Å². The Bertz CT molecular complexity index is 376. The number of fused-ring (bicyclic) bond motifs is 1. The van der Waals surface area contributed by atoms with Gasteiger partial charge in [0.1, 0.15) is 0 Å². The molecule has 1 aliphatic heterocycles. The molecule has 0 radical (unpaired) electrons. The van der Waals surface area contributed by atoms with Crippen molar-refractivity contribution in [2.24, 2.45) is 0 Å². The van der Waals surface area contributed by atoms with Gasteiger partial charge in [0.25, 0.3) is 0 Å². The largest absolute Gasteiger partial charge is 0.300 e. The van der Waals surface area contributed by atoms with Gasteiger partial charge in [-0.2, -0.15) is 0 Å². The van der Waals surface area contributed by atoms with Crippen LogP contribution in [0, 0.1) is 0 Å². The summed E-state index contributed by atoms with van der Waals surface area (Å²) >= 11 is 0. The molecule has 0 spiro atoms. The Kier molecular flexibility index (Phi) is 1.80. The van der Waals surface area contributed by atoms with Gasteiger partial charge in [-0.25, -0.2) is 4.21 Å². The van der Waals surface area contributed by atoms with Crippen molar-refractivity contribution in [1.29, 1.82) is 0 Å². The Labute approximate surface area is 79.5 Å². The fraction of sp³-hybridized carbons (Fsp3) is 0.333. The van der Waals surface area contributed by atoms with Gasteiger partial charge in [0.2, 0.25) is 0 Å². The second kappa shape index (κ2) is 2.64. The SMILES string of the molecule is CC1(C)c2ccccc2S(=O)N1O. The van der Waals surface area contributed by atoms with Crippen LogP contribution in [0.5, 0.6) is 0 Å². The van der Waals surface area contributed by atoms with Gasteiger partial charge >= 0.3 is 0 Å². The van der Waals surface area contributed by atoms with Gasteiger partial charge in [0, 0.05) is 0 Å². The van der Waals surface area contributed by atoms with E-state index in [4.69, 9.17) is 0 Å². The van der Waals surface area contributed by atoms with E-state index >= 15 is 0 Å². The number of hydrogen-bond donors (Lipinski definition) is 1. The summed E-state index contributed by atoms with van der Waals surface area (Å²) in [5, 5.41) is 9.58. The summed E-state index contributed by atoms with van der Waals surface area (Å²) in [4.78, 5) is 0.704. The summed E-state index contributed by atoms with van der Waals surface area (Å²) in [6.07, 6.45) is 0. The fourth-order valence-electron chi connectivity index (χ4n) is 1.53. The fourth-order valence-corrected chi connectivity index (χ4v) is 2.93. The molecule has 1 atom stereocenters. The van der Waals surface area contributed by atoms with Crippen LogP contribution in [0.3, 0.4) is 0 Å².